The predicted octanol–water partition coefficient (Wildman–Crippen LogP) is 3.16. The second kappa shape index (κ2) is 4.27. The van der Waals surface area contributed by atoms with Gasteiger partial charge in [0.1, 0.15) is 0 Å². The Balaban J connectivity index is 2.39. The molecule has 3 rings (SSSR count). The van der Waals surface area contributed by atoms with Gasteiger partial charge in [-0.2, -0.15) is 0 Å². The average Bonchev–Trinajstić information content (AvgIpc) is 2.37. The van der Waals surface area contributed by atoms with Gasteiger partial charge in [-0.1, -0.05) is 12.1 Å². The SMILES string of the molecule is NNc1c2c(nc3c(Br)cccc13)CCCC2. The standard InChI is InChI=1S/C13H14BrN3/c14-10-6-3-5-9-12(17-15)8-4-1-2-7-11(8)16-13(9)10/h3,5-6H,1-2,4,7,15H2,(H,16,17). The highest BCUT2D eigenvalue weighted by atomic mass is 79.9. The summed E-state index contributed by atoms with van der Waals surface area (Å²) in [5, 5.41) is 1.10. The molecule has 3 nitrogen and oxygen atoms in total. The van der Waals surface area contributed by atoms with Crippen LogP contribution in [-0.2, 0) is 12.8 Å². The zero-order valence-corrected chi connectivity index (χ0v) is 11.0. The van der Waals surface area contributed by atoms with E-state index in [0.717, 1.165) is 33.9 Å². The largest absolute Gasteiger partial charge is 0.323 e. The molecule has 17 heavy (non-hydrogen) atoms. The molecule has 0 unspecified atom stereocenters. The summed E-state index contributed by atoms with van der Waals surface area (Å²) in [5.74, 6) is 5.70. The van der Waals surface area contributed by atoms with Gasteiger partial charge in [-0.25, -0.2) is 0 Å². The van der Waals surface area contributed by atoms with Gasteiger partial charge in [0.15, 0.2) is 0 Å². The van der Waals surface area contributed by atoms with Crippen molar-refractivity contribution in [2.24, 2.45) is 5.84 Å². The number of anilines is 1. The van der Waals surface area contributed by atoms with Gasteiger partial charge < -0.3 is 5.43 Å². The maximum atomic E-state index is 5.70. The van der Waals surface area contributed by atoms with Crippen LogP contribution in [0.3, 0.4) is 0 Å². The number of fused-ring (bicyclic) bond motifs is 2. The zero-order valence-electron chi connectivity index (χ0n) is 9.46. The lowest BCUT2D eigenvalue weighted by molar-refractivity contribution is 0.672. The van der Waals surface area contributed by atoms with Crippen LogP contribution >= 0.6 is 15.9 Å². The molecule has 0 bridgehead atoms. The zero-order chi connectivity index (χ0) is 11.8. The Labute approximate surface area is 109 Å². The molecular weight excluding hydrogens is 278 g/mol. The van der Waals surface area contributed by atoms with E-state index in [1.165, 1.54) is 24.1 Å². The highest BCUT2D eigenvalue weighted by Crippen LogP contribution is 2.35. The van der Waals surface area contributed by atoms with Crippen molar-refractivity contribution < 1.29 is 0 Å². The van der Waals surface area contributed by atoms with Crippen LogP contribution in [0, 0.1) is 0 Å². The summed E-state index contributed by atoms with van der Waals surface area (Å²) in [6.07, 6.45) is 4.58. The molecule has 3 N–H and O–H groups in total. The molecule has 0 fully saturated rings. The molecule has 0 amide bonds. The van der Waals surface area contributed by atoms with Crippen LogP contribution in [0.2, 0.25) is 0 Å². The topological polar surface area (TPSA) is 50.9 Å². The summed E-state index contributed by atoms with van der Waals surface area (Å²) in [6, 6.07) is 6.10. The number of aromatic nitrogens is 1. The Morgan fingerprint density at radius 2 is 2.06 bits per heavy atom. The number of para-hydroxylation sites is 1. The van der Waals surface area contributed by atoms with Crippen molar-refractivity contribution in [2.75, 3.05) is 5.43 Å². The van der Waals surface area contributed by atoms with Gasteiger partial charge in [-0.15, -0.1) is 0 Å². The fraction of sp³-hybridized carbons (Fsp3) is 0.308. The number of halogens is 1. The third-order valence-corrected chi connectivity index (χ3v) is 4.03. The molecule has 0 spiro atoms. The monoisotopic (exact) mass is 291 g/mol. The molecule has 0 atom stereocenters. The Morgan fingerprint density at radius 1 is 1.24 bits per heavy atom. The number of rotatable bonds is 1. The molecule has 0 aliphatic heterocycles. The van der Waals surface area contributed by atoms with Gasteiger partial charge in [0.2, 0.25) is 0 Å². The first kappa shape index (κ1) is 11.0. The van der Waals surface area contributed by atoms with E-state index in [2.05, 4.69) is 27.4 Å². The van der Waals surface area contributed by atoms with Gasteiger partial charge in [-0.3, -0.25) is 10.8 Å². The Bertz CT molecular complexity index is 580. The maximum absolute atomic E-state index is 5.70. The summed E-state index contributed by atoms with van der Waals surface area (Å²) >= 11 is 3.56. The molecule has 2 aromatic rings. The van der Waals surface area contributed by atoms with E-state index in [4.69, 9.17) is 10.8 Å². The van der Waals surface area contributed by atoms with Gasteiger partial charge in [-0.05, 0) is 53.2 Å². The van der Waals surface area contributed by atoms with Crippen LogP contribution in [0.4, 0.5) is 5.69 Å². The van der Waals surface area contributed by atoms with Crippen molar-refractivity contribution in [2.45, 2.75) is 25.7 Å². The fourth-order valence-electron chi connectivity index (χ4n) is 2.58. The number of aryl methyl sites for hydroxylation is 1. The molecule has 4 heteroatoms. The number of nitrogen functional groups attached to an aromatic ring is 1. The van der Waals surface area contributed by atoms with E-state index in [1.807, 2.05) is 12.1 Å². The highest BCUT2D eigenvalue weighted by molar-refractivity contribution is 9.10. The molecule has 1 aromatic carbocycles. The molecule has 1 heterocycles. The van der Waals surface area contributed by atoms with Crippen LogP contribution in [-0.4, -0.2) is 4.98 Å². The van der Waals surface area contributed by atoms with E-state index >= 15 is 0 Å². The summed E-state index contributed by atoms with van der Waals surface area (Å²) in [5.41, 5.74) is 7.41. The third kappa shape index (κ3) is 1.72. The van der Waals surface area contributed by atoms with Crippen LogP contribution < -0.4 is 11.3 Å². The van der Waals surface area contributed by atoms with Crippen LogP contribution in [0.5, 0.6) is 0 Å². The smallest absolute Gasteiger partial charge is 0.0868 e. The van der Waals surface area contributed by atoms with E-state index in [-0.39, 0.29) is 0 Å². The number of benzene rings is 1. The van der Waals surface area contributed by atoms with Crippen LogP contribution in [0.25, 0.3) is 10.9 Å². The van der Waals surface area contributed by atoms with Crippen LogP contribution in [0.1, 0.15) is 24.1 Å². The van der Waals surface area contributed by atoms with E-state index in [0.29, 0.717) is 0 Å². The minimum Gasteiger partial charge on any atom is -0.323 e. The highest BCUT2D eigenvalue weighted by Gasteiger charge is 2.18. The first-order chi connectivity index (χ1) is 8.31. The number of nitrogens with two attached hydrogens (primary N) is 1. The van der Waals surface area contributed by atoms with Crippen molar-refractivity contribution >= 4 is 32.5 Å². The molecule has 1 aromatic heterocycles. The molecule has 1 aliphatic carbocycles. The number of hydrogen-bond acceptors (Lipinski definition) is 3. The average molecular weight is 292 g/mol. The lowest BCUT2D eigenvalue weighted by atomic mass is 9.93. The van der Waals surface area contributed by atoms with Crippen molar-refractivity contribution in [1.82, 2.24) is 4.98 Å². The minimum absolute atomic E-state index is 1.00. The number of nitrogens with one attached hydrogen (secondary N) is 1. The van der Waals surface area contributed by atoms with Crippen LogP contribution in [0.15, 0.2) is 22.7 Å². The van der Waals surface area contributed by atoms with E-state index < -0.39 is 0 Å². The van der Waals surface area contributed by atoms with E-state index in [9.17, 15) is 0 Å². The number of nitrogens with zero attached hydrogens (tertiary/aromatic N) is 1. The second-order valence-electron chi connectivity index (χ2n) is 4.40. The van der Waals surface area contributed by atoms with Gasteiger partial charge in [0.25, 0.3) is 0 Å². The molecule has 88 valence electrons. The minimum atomic E-state index is 1.00. The Hall–Kier alpha value is -1.13. The Morgan fingerprint density at radius 3 is 2.88 bits per heavy atom. The van der Waals surface area contributed by atoms with Gasteiger partial charge in [0.05, 0.1) is 11.2 Å². The first-order valence-corrected chi connectivity index (χ1v) is 6.67. The number of hydrogen-bond donors (Lipinski definition) is 2. The number of pyridine rings is 1. The third-order valence-electron chi connectivity index (χ3n) is 3.39. The van der Waals surface area contributed by atoms with Crippen molar-refractivity contribution in [3.8, 4) is 0 Å². The normalized spacial score (nSPS) is 14.7. The maximum Gasteiger partial charge on any atom is 0.0868 e. The molecule has 0 saturated carbocycles. The molecular formula is C13H14BrN3. The van der Waals surface area contributed by atoms with Gasteiger partial charge in [0, 0.05) is 15.6 Å². The summed E-state index contributed by atoms with van der Waals surface area (Å²) in [6.45, 7) is 0. The molecule has 1 aliphatic rings. The summed E-state index contributed by atoms with van der Waals surface area (Å²) in [7, 11) is 0. The fourth-order valence-corrected chi connectivity index (χ4v) is 3.03. The summed E-state index contributed by atoms with van der Waals surface area (Å²) < 4.78 is 1.03. The van der Waals surface area contributed by atoms with Crippen molar-refractivity contribution in [3.05, 3.63) is 33.9 Å². The lowest BCUT2D eigenvalue weighted by Crippen LogP contribution is -2.15. The first-order valence-electron chi connectivity index (χ1n) is 5.88. The second-order valence-corrected chi connectivity index (χ2v) is 5.25. The number of hydrazine groups is 1. The lowest BCUT2D eigenvalue weighted by Gasteiger charge is -2.20. The quantitative estimate of drug-likeness (QED) is 0.627. The molecule has 0 saturated heterocycles. The van der Waals surface area contributed by atoms with Crippen molar-refractivity contribution in [1.29, 1.82) is 0 Å². The summed E-state index contributed by atoms with van der Waals surface area (Å²) in [4.78, 5) is 4.78. The molecule has 0 radical (unpaired) electrons. The predicted molar refractivity (Wildman–Crippen MR) is 73.9 cm³/mol. The Kier molecular flexibility index (Phi) is 2.76. The van der Waals surface area contributed by atoms with Crippen molar-refractivity contribution in [3.63, 3.8) is 0 Å². The van der Waals surface area contributed by atoms with E-state index in [1.54, 1.807) is 0 Å². The van der Waals surface area contributed by atoms with Gasteiger partial charge >= 0.3 is 0 Å².